The van der Waals surface area contributed by atoms with Crippen LogP contribution in [0.2, 0.25) is 5.15 Å². The summed E-state index contributed by atoms with van der Waals surface area (Å²) in [7, 11) is -3.20. The molecule has 2 aromatic rings. The molecule has 0 aliphatic carbocycles. The van der Waals surface area contributed by atoms with E-state index in [2.05, 4.69) is 20.6 Å². The zero-order valence-electron chi connectivity index (χ0n) is 16.4. The first kappa shape index (κ1) is 25.4. The lowest BCUT2D eigenvalue weighted by molar-refractivity contribution is 0.321. The van der Waals surface area contributed by atoms with Gasteiger partial charge in [0.25, 0.3) is 0 Å². The Bertz CT molecular complexity index is 875. The zero-order valence-corrected chi connectivity index (χ0v) is 20.3. The molecule has 0 aliphatic rings. The van der Waals surface area contributed by atoms with Crippen LogP contribution >= 0.6 is 35.6 Å². The van der Waals surface area contributed by atoms with Crippen molar-refractivity contribution in [1.29, 1.82) is 0 Å². The van der Waals surface area contributed by atoms with E-state index in [1.165, 1.54) is 18.4 Å². The highest BCUT2D eigenvalue weighted by atomic mass is 127. The minimum atomic E-state index is -3.20. The Morgan fingerprint density at radius 2 is 1.90 bits per heavy atom. The minimum Gasteiger partial charge on any atom is -0.492 e. The van der Waals surface area contributed by atoms with Crippen LogP contribution in [-0.4, -0.2) is 51.9 Å². The van der Waals surface area contributed by atoms with Gasteiger partial charge in [0.2, 0.25) is 0 Å². The third-order valence-corrected chi connectivity index (χ3v) is 5.07. The molecule has 29 heavy (non-hydrogen) atoms. The molecule has 10 heteroatoms. The molecule has 0 spiro atoms. The minimum absolute atomic E-state index is 0. The van der Waals surface area contributed by atoms with Crippen molar-refractivity contribution in [1.82, 2.24) is 15.6 Å². The monoisotopic (exact) mass is 552 g/mol. The molecule has 0 radical (unpaired) electrons. The molecule has 1 heterocycles. The summed E-state index contributed by atoms with van der Waals surface area (Å²) < 4.78 is 28.5. The number of aromatic nitrogens is 1. The van der Waals surface area contributed by atoms with Gasteiger partial charge in [-0.3, -0.25) is 4.99 Å². The van der Waals surface area contributed by atoms with Gasteiger partial charge in [-0.15, -0.1) is 24.0 Å². The number of guanidine groups is 1. The van der Waals surface area contributed by atoms with Gasteiger partial charge in [0, 0.05) is 25.5 Å². The predicted molar refractivity (Wildman–Crippen MR) is 127 cm³/mol. The van der Waals surface area contributed by atoms with E-state index >= 15 is 0 Å². The molecule has 2 rings (SSSR count). The number of nitrogens with one attached hydrogen (secondary N) is 2. The second kappa shape index (κ2) is 12.9. The van der Waals surface area contributed by atoms with Crippen LogP contribution < -0.4 is 15.4 Å². The van der Waals surface area contributed by atoms with Gasteiger partial charge in [0.1, 0.15) is 17.5 Å². The maximum Gasteiger partial charge on any atom is 0.191 e. The van der Waals surface area contributed by atoms with E-state index in [0.717, 1.165) is 18.5 Å². The van der Waals surface area contributed by atoms with Crippen molar-refractivity contribution in [2.24, 2.45) is 4.99 Å². The number of aliphatic imine (C=N–C) groups is 1. The molecule has 1 aromatic heterocycles. The van der Waals surface area contributed by atoms with E-state index in [4.69, 9.17) is 16.3 Å². The fourth-order valence-electron chi connectivity index (χ4n) is 2.31. The number of benzene rings is 1. The van der Waals surface area contributed by atoms with Crippen molar-refractivity contribution in [3.63, 3.8) is 0 Å². The van der Waals surface area contributed by atoms with E-state index in [-0.39, 0.29) is 28.9 Å². The molecular formula is C19H26ClIN4O3S. The van der Waals surface area contributed by atoms with Gasteiger partial charge in [-0.2, -0.15) is 0 Å². The first-order valence-electron chi connectivity index (χ1n) is 8.94. The molecule has 0 aliphatic heterocycles. The van der Waals surface area contributed by atoms with E-state index in [1.54, 1.807) is 24.4 Å². The molecule has 0 fully saturated rings. The number of hydrogen-bond acceptors (Lipinski definition) is 5. The van der Waals surface area contributed by atoms with Gasteiger partial charge in [-0.05, 0) is 49.2 Å². The standard InChI is InChI=1S/C19H25ClN4O3S.HI/c1-3-21-19(22-11-10-15-4-9-18(20)24-14-15)23-12-13-27-16-5-7-17(8-6-16)28(2,25)26;/h4-9,14H,3,10-13H2,1-2H3,(H2,21,22,23);1H. The molecule has 0 unspecified atom stereocenters. The van der Waals surface area contributed by atoms with Crippen LogP contribution in [0.3, 0.4) is 0 Å². The topological polar surface area (TPSA) is 92.7 Å². The third-order valence-electron chi connectivity index (χ3n) is 3.72. The summed E-state index contributed by atoms with van der Waals surface area (Å²) in [5, 5.41) is 6.86. The van der Waals surface area contributed by atoms with Crippen molar-refractivity contribution < 1.29 is 13.2 Å². The third kappa shape index (κ3) is 9.64. The van der Waals surface area contributed by atoms with Crippen LogP contribution in [0.1, 0.15) is 12.5 Å². The summed E-state index contributed by atoms with van der Waals surface area (Å²) >= 11 is 5.78. The summed E-state index contributed by atoms with van der Waals surface area (Å²) in [5.74, 6) is 1.33. The fourth-order valence-corrected chi connectivity index (χ4v) is 3.06. The fraction of sp³-hybridized carbons (Fsp3) is 0.368. The summed E-state index contributed by atoms with van der Waals surface area (Å²) in [4.78, 5) is 8.86. The number of rotatable bonds is 9. The smallest absolute Gasteiger partial charge is 0.191 e. The molecule has 160 valence electrons. The molecule has 2 N–H and O–H groups in total. The van der Waals surface area contributed by atoms with Crippen molar-refractivity contribution >= 4 is 51.4 Å². The first-order chi connectivity index (χ1) is 13.4. The molecule has 7 nitrogen and oxygen atoms in total. The Morgan fingerprint density at radius 3 is 2.48 bits per heavy atom. The normalized spacial score (nSPS) is 11.5. The van der Waals surface area contributed by atoms with Crippen LogP contribution in [0.25, 0.3) is 0 Å². The SMILES string of the molecule is CCNC(=NCCc1ccc(Cl)nc1)NCCOc1ccc(S(C)(=O)=O)cc1.I. The molecule has 1 aromatic carbocycles. The quantitative estimate of drug-likeness (QED) is 0.163. The van der Waals surface area contributed by atoms with Crippen molar-refractivity contribution in [2.75, 3.05) is 32.5 Å². The number of nitrogens with zero attached hydrogens (tertiary/aromatic N) is 2. The number of ether oxygens (including phenoxy) is 1. The van der Waals surface area contributed by atoms with Crippen LogP contribution in [0.5, 0.6) is 5.75 Å². The summed E-state index contributed by atoms with van der Waals surface area (Å²) in [6, 6.07) is 10.1. The van der Waals surface area contributed by atoms with Gasteiger partial charge >= 0.3 is 0 Å². The van der Waals surface area contributed by atoms with Crippen molar-refractivity contribution in [3.05, 3.63) is 53.3 Å². The maximum absolute atomic E-state index is 11.5. The molecule has 0 atom stereocenters. The van der Waals surface area contributed by atoms with E-state index in [1.807, 2.05) is 13.0 Å². The molecule has 0 saturated heterocycles. The second-order valence-corrected chi connectivity index (χ2v) is 8.42. The van der Waals surface area contributed by atoms with E-state index in [9.17, 15) is 8.42 Å². The lowest BCUT2D eigenvalue weighted by Crippen LogP contribution is -2.39. The molecule has 0 saturated carbocycles. The van der Waals surface area contributed by atoms with Gasteiger partial charge in [0.15, 0.2) is 15.8 Å². The Balaban J connectivity index is 0.00000420. The maximum atomic E-state index is 11.5. The van der Waals surface area contributed by atoms with E-state index < -0.39 is 9.84 Å². The summed E-state index contributed by atoms with van der Waals surface area (Å²) in [6.07, 6.45) is 3.70. The summed E-state index contributed by atoms with van der Waals surface area (Å²) in [5.41, 5.74) is 1.07. The van der Waals surface area contributed by atoms with Gasteiger partial charge < -0.3 is 15.4 Å². The number of hydrogen-bond donors (Lipinski definition) is 2. The zero-order chi connectivity index (χ0) is 20.4. The number of pyridine rings is 1. The van der Waals surface area contributed by atoms with Crippen LogP contribution in [0.4, 0.5) is 0 Å². The highest BCUT2D eigenvalue weighted by Crippen LogP contribution is 2.15. The average molecular weight is 553 g/mol. The Kier molecular flexibility index (Phi) is 11.3. The molecule has 0 bridgehead atoms. The Hall–Kier alpha value is -1.59. The molecular weight excluding hydrogens is 527 g/mol. The Labute approximate surface area is 194 Å². The van der Waals surface area contributed by atoms with E-state index in [0.29, 0.717) is 36.6 Å². The predicted octanol–water partition coefficient (Wildman–Crippen LogP) is 2.93. The number of sulfone groups is 1. The van der Waals surface area contributed by atoms with Crippen LogP contribution in [0.15, 0.2) is 52.5 Å². The highest BCUT2D eigenvalue weighted by molar-refractivity contribution is 14.0. The Morgan fingerprint density at radius 1 is 1.17 bits per heavy atom. The van der Waals surface area contributed by atoms with Crippen LogP contribution in [-0.2, 0) is 16.3 Å². The van der Waals surface area contributed by atoms with Gasteiger partial charge in [-0.1, -0.05) is 17.7 Å². The molecule has 0 amide bonds. The van der Waals surface area contributed by atoms with Crippen LogP contribution in [0, 0.1) is 0 Å². The van der Waals surface area contributed by atoms with Gasteiger partial charge in [0.05, 0.1) is 11.4 Å². The lowest BCUT2D eigenvalue weighted by atomic mass is 10.2. The second-order valence-electron chi connectivity index (χ2n) is 6.02. The summed E-state index contributed by atoms with van der Waals surface area (Å²) in [6.45, 7) is 4.35. The average Bonchev–Trinajstić information content (AvgIpc) is 2.66. The number of halogens is 2. The van der Waals surface area contributed by atoms with Gasteiger partial charge in [-0.25, -0.2) is 13.4 Å². The highest BCUT2D eigenvalue weighted by Gasteiger charge is 2.06. The first-order valence-corrected chi connectivity index (χ1v) is 11.2. The van der Waals surface area contributed by atoms with Crippen molar-refractivity contribution in [2.45, 2.75) is 18.2 Å². The van der Waals surface area contributed by atoms with Crippen molar-refractivity contribution in [3.8, 4) is 5.75 Å². The largest absolute Gasteiger partial charge is 0.492 e. The lowest BCUT2D eigenvalue weighted by Gasteiger charge is -2.12.